The summed E-state index contributed by atoms with van der Waals surface area (Å²) in [6.07, 6.45) is 3.79. The molecule has 0 saturated heterocycles. The predicted molar refractivity (Wildman–Crippen MR) is 81.2 cm³/mol. The molecule has 1 atom stereocenters. The topological polar surface area (TPSA) is 12.0 Å². The average molecular weight is 247 g/mol. The fourth-order valence-electron chi connectivity index (χ4n) is 2.35. The van der Waals surface area contributed by atoms with Gasteiger partial charge in [0.1, 0.15) is 0 Å². The Kier molecular flexibility index (Phi) is 6.42. The van der Waals surface area contributed by atoms with Crippen molar-refractivity contribution in [2.75, 3.05) is 6.54 Å². The minimum absolute atomic E-state index is 0.587. The first kappa shape index (κ1) is 15.2. The largest absolute Gasteiger partial charge is 0.314 e. The van der Waals surface area contributed by atoms with Gasteiger partial charge in [-0.05, 0) is 55.8 Å². The van der Waals surface area contributed by atoms with Gasteiger partial charge in [0.15, 0.2) is 0 Å². The first-order valence-corrected chi connectivity index (χ1v) is 7.32. The van der Waals surface area contributed by atoms with Crippen molar-refractivity contribution in [2.24, 2.45) is 5.92 Å². The molecule has 0 radical (unpaired) electrons. The van der Waals surface area contributed by atoms with Gasteiger partial charge in [-0.25, -0.2) is 0 Å². The van der Waals surface area contributed by atoms with Gasteiger partial charge >= 0.3 is 0 Å². The van der Waals surface area contributed by atoms with Crippen molar-refractivity contribution in [1.82, 2.24) is 5.32 Å². The fourth-order valence-corrected chi connectivity index (χ4v) is 2.35. The monoisotopic (exact) mass is 247 g/mol. The molecule has 0 spiro atoms. The molecule has 0 bridgehead atoms. The van der Waals surface area contributed by atoms with Crippen LogP contribution >= 0.6 is 0 Å². The van der Waals surface area contributed by atoms with Crippen LogP contribution in [0.25, 0.3) is 0 Å². The lowest BCUT2D eigenvalue weighted by molar-refractivity contribution is 0.418. The SMILES string of the molecule is CCCC(CNC(C)C)Cc1ccc(C)c(C)c1. The second kappa shape index (κ2) is 7.58. The van der Waals surface area contributed by atoms with Crippen LogP contribution < -0.4 is 5.32 Å². The van der Waals surface area contributed by atoms with Gasteiger partial charge in [0.2, 0.25) is 0 Å². The highest BCUT2D eigenvalue weighted by Gasteiger charge is 2.10. The molecule has 1 aromatic rings. The highest BCUT2D eigenvalue weighted by molar-refractivity contribution is 5.30. The van der Waals surface area contributed by atoms with Crippen LogP contribution in [-0.2, 0) is 6.42 Å². The van der Waals surface area contributed by atoms with E-state index in [1.165, 1.54) is 36.0 Å². The summed E-state index contributed by atoms with van der Waals surface area (Å²) in [6, 6.07) is 7.49. The van der Waals surface area contributed by atoms with Gasteiger partial charge in [-0.15, -0.1) is 0 Å². The Balaban J connectivity index is 2.61. The number of hydrogen-bond donors (Lipinski definition) is 1. The van der Waals surface area contributed by atoms with Crippen molar-refractivity contribution in [3.8, 4) is 0 Å². The smallest absolute Gasteiger partial charge is 0.00104 e. The molecule has 0 aliphatic carbocycles. The van der Waals surface area contributed by atoms with Gasteiger partial charge in [-0.3, -0.25) is 0 Å². The van der Waals surface area contributed by atoms with Crippen molar-refractivity contribution in [3.63, 3.8) is 0 Å². The van der Waals surface area contributed by atoms with Gasteiger partial charge < -0.3 is 5.32 Å². The zero-order valence-corrected chi connectivity index (χ0v) is 12.7. The summed E-state index contributed by atoms with van der Waals surface area (Å²) in [6.45, 7) is 12.3. The molecule has 102 valence electrons. The first-order chi connectivity index (χ1) is 8.52. The second-order valence-electron chi connectivity index (χ2n) is 5.84. The predicted octanol–water partition coefficient (Wildman–Crippen LogP) is 4.26. The molecule has 1 rings (SSSR count). The molecule has 0 aromatic heterocycles. The highest BCUT2D eigenvalue weighted by Crippen LogP contribution is 2.17. The number of nitrogens with one attached hydrogen (secondary N) is 1. The molecule has 1 unspecified atom stereocenters. The van der Waals surface area contributed by atoms with Gasteiger partial charge in [0, 0.05) is 6.04 Å². The molecular formula is C17H29N. The van der Waals surface area contributed by atoms with Crippen LogP contribution in [0.1, 0.15) is 50.3 Å². The average Bonchev–Trinajstić information content (AvgIpc) is 2.31. The van der Waals surface area contributed by atoms with E-state index >= 15 is 0 Å². The molecule has 18 heavy (non-hydrogen) atoms. The zero-order valence-electron chi connectivity index (χ0n) is 12.7. The summed E-state index contributed by atoms with van der Waals surface area (Å²) >= 11 is 0. The van der Waals surface area contributed by atoms with E-state index in [0.29, 0.717) is 6.04 Å². The Labute approximate surface area is 113 Å². The minimum Gasteiger partial charge on any atom is -0.314 e. The quantitative estimate of drug-likeness (QED) is 0.759. The summed E-state index contributed by atoms with van der Waals surface area (Å²) in [5.74, 6) is 0.763. The molecule has 0 heterocycles. The molecule has 1 N–H and O–H groups in total. The van der Waals surface area contributed by atoms with Gasteiger partial charge in [-0.2, -0.15) is 0 Å². The molecule has 1 nitrogen and oxygen atoms in total. The number of aryl methyl sites for hydroxylation is 2. The molecule has 0 aliphatic heterocycles. The van der Waals surface area contributed by atoms with Crippen molar-refractivity contribution in [3.05, 3.63) is 34.9 Å². The maximum atomic E-state index is 3.58. The molecule has 1 aromatic carbocycles. The first-order valence-electron chi connectivity index (χ1n) is 7.32. The van der Waals surface area contributed by atoms with Crippen LogP contribution in [0.5, 0.6) is 0 Å². The number of rotatable bonds is 7. The molecular weight excluding hydrogens is 218 g/mol. The van der Waals surface area contributed by atoms with Crippen LogP contribution in [0.15, 0.2) is 18.2 Å². The Morgan fingerprint density at radius 1 is 1.11 bits per heavy atom. The van der Waals surface area contributed by atoms with Crippen LogP contribution in [0, 0.1) is 19.8 Å². The van der Waals surface area contributed by atoms with Crippen molar-refractivity contribution in [2.45, 2.75) is 59.9 Å². The third-order valence-corrected chi connectivity index (χ3v) is 3.61. The highest BCUT2D eigenvalue weighted by atomic mass is 14.9. The summed E-state index contributed by atoms with van der Waals surface area (Å²) in [5, 5.41) is 3.58. The zero-order chi connectivity index (χ0) is 13.5. The minimum atomic E-state index is 0.587. The van der Waals surface area contributed by atoms with E-state index < -0.39 is 0 Å². The molecule has 0 saturated carbocycles. The molecule has 0 amide bonds. The third-order valence-electron chi connectivity index (χ3n) is 3.61. The molecule has 0 aliphatic rings. The van der Waals surface area contributed by atoms with E-state index in [2.05, 4.69) is 58.1 Å². The fraction of sp³-hybridized carbons (Fsp3) is 0.647. The third kappa shape index (κ3) is 5.22. The van der Waals surface area contributed by atoms with E-state index in [9.17, 15) is 0 Å². The lowest BCUT2D eigenvalue weighted by Crippen LogP contribution is -2.29. The summed E-state index contributed by atoms with van der Waals surface area (Å²) in [7, 11) is 0. The number of hydrogen-bond acceptors (Lipinski definition) is 1. The Morgan fingerprint density at radius 3 is 2.39 bits per heavy atom. The van der Waals surface area contributed by atoms with E-state index in [4.69, 9.17) is 0 Å². The lowest BCUT2D eigenvalue weighted by atomic mass is 9.93. The van der Waals surface area contributed by atoms with Crippen molar-refractivity contribution in [1.29, 1.82) is 0 Å². The van der Waals surface area contributed by atoms with Crippen LogP contribution in [-0.4, -0.2) is 12.6 Å². The van der Waals surface area contributed by atoms with E-state index in [1.807, 2.05) is 0 Å². The van der Waals surface area contributed by atoms with E-state index in [0.717, 1.165) is 12.5 Å². The van der Waals surface area contributed by atoms with E-state index in [1.54, 1.807) is 0 Å². The lowest BCUT2D eigenvalue weighted by Gasteiger charge is -2.19. The van der Waals surface area contributed by atoms with Gasteiger partial charge in [0.05, 0.1) is 0 Å². The summed E-state index contributed by atoms with van der Waals surface area (Å²) in [5.41, 5.74) is 4.30. The summed E-state index contributed by atoms with van der Waals surface area (Å²) < 4.78 is 0. The van der Waals surface area contributed by atoms with Crippen LogP contribution in [0.4, 0.5) is 0 Å². The molecule has 0 fully saturated rings. The Bertz CT molecular complexity index is 355. The standard InChI is InChI=1S/C17H29N/c1-6-7-17(12-18-13(2)3)11-16-9-8-14(4)15(5)10-16/h8-10,13,17-18H,6-7,11-12H2,1-5H3. The van der Waals surface area contributed by atoms with Crippen LogP contribution in [0.3, 0.4) is 0 Å². The van der Waals surface area contributed by atoms with E-state index in [-0.39, 0.29) is 0 Å². The Morgan fingerprint density at radius 2 is 1.83 bits per heavy atom. The van der Waals surface area contributed by atoms with Gasteiger partial charge in [-0.1, -0.05) is 45.4 Å². The number of benzene rings is 1. The maximum absolute atomic E-state index is 3.58. The summed E-state index contributed by atoms with van der Waals surface area (Å²) in [4.78, 5) is 0. The van der Waals surface area contributed by atoms with Crippen molar-refractivity contribution < 1.29 is 0 Å². The Hall–Kier alpha value is -0.820. The maximum Gasteiger partial charge on any atom is 0.00104 e. The van der Waals surface area contributed by atoms with Crippen molar-refractivity contribution >= 4 is 0 Å². The molecule has 1 heteroatoms. The second-order valence-corrected chi connectivity index (χ2v) is 5.84. The van der Waals surface area contributed by atoms with Crippen LogP contribution in [0.2, 0.25) is 0 Å². The van der Waals surface area contributed by atoms with Gasteiger partial charge in [0.25, 0.3) is 0 Å². The normalized spacial score (nSPS) is 13.0.